The third-order valence-electron chi connectivity index (χ3n) is 3.12. The summed E-state index contributed by atoms with van der Waals surface area (Å²) in [6.07, 6.45) is -0.128. The fourth-order valence-corrected chi connectivity index (χ4v) is 2.73. The average Bonchev–Trinajstić information content (AvgIpc) is 3.04. The van der Waals surface area contributed by atoms with E-state index in [9.17, 15) is 4.79 Å². The third-order valence-corrected chi connectivity index (χ3v) is 3.92. The summed E-state index contributed by atoms with van der Waals surface area (Å²) in [7, 11) is 1.50. The number of nitrogens with zero attached hydrogens (tertiary/aromatic N) is 2. The molecule has 2 atom stereocenters. The van der Waals surface area contributed by atoms with Gasteiger partial charge in [0.1, 0.15) is 11.9 Å². The summed E-state index contributed by atoms with van der Waals surface area (Å²) < 4.78 is 10.6. The molecule has 0 radical (unpaired) electrons. The number of carbonyl (C=O) groups is 1. The molecule has 2 N–H and O–H groups in total. The molecule has 0 aliphatic carbocycles. The monoisotopic (exact) mass is 306 g/mol. The van der Waals surface area contributed by atoms with Crippen molar-refractivity contribution >= 4 is 22.5 Å². The van der Waals surface area contributed by atoms with Gasteiger partial charge in [0, 0.05) is 5.56 Å². The summed E-state index contributed by atoms with van der Waals surface area (Å²) in [5.41, 5.74) is 0.968. The molecule has 2 unspecified atom stereocenters. The van der Waals surface area contributed by atoms with Crippen molar-refractivity contribution in [1.29, 1.82) is 0 Å². The smallest absolute Gasteiger partial charge is 0.321 e. The fraction of sp³-hybridized carbons (Fsp3) is 0.308. The standard InChI is InChI=1S/C13H14N4O3S/c1-7-10(8-5-3-4-6-9(8)20-7)14-11(18)15-12-16-17-13(19-2)21-12/h3-7,10H,1-2H3,(H2,14,15,16,18). The Morgan fingerprint density at radius 3 is 2.95 bits per heavy atom. The van der Waals surface area contributed by atoms with E-state index in [1.807, 2.05) is 31.2 Å². The number of ether oxygens (including phenoxy) is 2. The average molecular weight is 306 g/mol. The molecule has 1 aliphatic rings. The quantitative estimate of drug-likeness (QED) is 0.908. The maximum absolute atomic E-state index is 12.0. The van der Waals surface area contributed by atoms with Crippen LogP contribution < -0.4 is 20.1 Å². The van der Waals surface area contributed by atoms with Crippen LogP contribution in [0.3, 0.4) is 0 Å². The van der Waals surface area contributed by atoms with Gasteiger partial charge in [0.05, 0.1) is 13.2 Å². The van der Waals surface area contributed by atoms with Crippen molar-refractivity contribution in [3.63, 3.8) is 0 Å². The Bertz CT molecular complexity index is 660. The summed E-state index contributed by atoms with van der Waals surface area (Å²) in [4.78, 5) is 12.0. The molecular formula is C13H14N4O3S. The maximum Gasteiger partial charge on any atom is 0.321 e. The van der Waals surface area contributed by atoms with Crippen LogP contribution in [-0.4, -0.2) is 29.4 Å². The molecule has 2 amide bonds. The molecule has 0 saturated carbocycles. The van der Waals surface area contributed by atoms with Gasteiger partial charge in [-0.1, -0.05) is 23.3 Å². The predicted molar refractivity (Wildman–Crippen MR) is 77.9 cm³/mol. The van der Waals surface area contributed by atoms with Crippen molar-refractivity contribution in [3.05, 3.63) is 29.8 Å². The van der Waals surface area contributed by atoms with Crippen molar-refractivity contribution in [2.45, 2.75) is 19.1 Å². The lowest BCUT2D eigenvalue weighted by Crippen LogP contribution is -2.36. The SMILES string of the molecule is COc1nnc(NC(=O)NC2c3ccccc3OC2C)s1. The lowest BCUT2D eigenvalue weighted by Gasteiger charge is -2.16. The van der Waals surface area contributed by atoms with Crippen molar-refractivity contribution in [2.75, 3.05) is 12.4 Å². The summed E-state index contributed by atoms with van der Waals surface area (Å²) in [5, 5.41) is 13.8. The topological polar surface area (TPSA) is 85.4 Å². The van der Waals surface area contributed by atoms with Gasteiger partial charge in [0.25, 0.3) is 5.19 Å². The second-order valence-electron chi connectivity index (χ2n) is 4.51. The Labute approximate surface area is 125 Å². The molecule has 2 heterocycles. The lowest BCUT2D eigenvalue weighted by molar-refractivity contribution is 0.204. The number of para-hydroxylation sites is 1. The minimum atomic E-state index is -0.356. The van der Waals surface area contributed by atoms with E-state index in [0.29, 0.717) is 10.3 Å². The van der Waals surface area contributed by atoms with Crippen LogP contribution in [0.25, 0.3) is 0 Å². The number of rotatable bonds is 3. The van der Waals surface area contributed by atoms with Crippen LogP contribution in [0.5, 0.6) is 10.9 Å². The van der Waals surface area contributed by atoms with Crippen LogP contribution in [0.4, 0.5) is 9.93 Å². The third kappa shape index (κ3) is 2.75. The van der Waals surface area contributed by atoms with Gasteiger partial charge in [0.2, 0.25) is 5.13 Å². The summed E-state index contributed by atoms with van der Waals surface area (Å²) in [6.45, 7) is 1.92. The highest BCUT2D eigenvalue weighted by molar-refractivity contribution is 7.17. The highest BCUT2D eigenvalue weighted by Crippen LogP contribution is 2.36. The van der Waals surface area contributed by atoms with E-state index in [-0.39, 0.29) is 18.2 Å². The minimum Gasteiger partial charge on any atom is -0.488 e. The second-order valence-corrected chi connectivity index (χ2v) is 5.45. The number of anilines is 1. The zero-order valence-electron chi connectivity index (χ0n) is 11.5. The van der Waals surface area contributed by atoms with E-state index in [1.165, 1.54) is 7.11 Å². The molecular weight excluding hydrogens is 292 g/mol. The van der Waals surface area contributed by atoms with E-state index in [0.717, 1.165) is 22.6 Å². The number of hydrogen-bond acceptors (Lipinski definition) is 6. The number of benzene rings is 1. The Hall–Kier alpha value is -2.35. The van der Waals surface area contributed by atoms with Crippen molar-refractivity contribution in [1.82, 2.24) is 15.5 Å². The van der Waals surface area contributed by atoms with Gasteiger partial charge in [-0.15, -0.1) is 5.10 Å². The molecule has 1 aromatic carbocycles. The normalized spacial score (nSPS) is 19.5. The number of fused-ring (bicyclic) bond motifs is 1. The van der Waals surface area contributed by atoms with Crippen molar-refractivity contribution < 1.29 is 14.3 Å². The van der Waals surface area contributed by atoms with Crippen LogP contribution >= 0.6 is 11.3 Å². The van der Waals surface area contributed by atoms with E-state index in [1.54, 1.807) is 0 Å². The first-order valence-electron chi connectivity index (χ1n) is 6.38. The number of methoxy groups -OCH3 is 1. The van der Waals surface area contributed by atoms with Crippen LogP contribution in [0.1, 0.15) is 18.5 Å². The number of urea groups is 1. The molecule has 21 heavy (non-hydrogen) atoms. The largest absolute Gasteiger partial charge is 0.488 e. The van der Waals surface area contributed by atoms with Gasteiger partial charge in [-0.3, -0.25) is 5.32 Å². The molecule has 1 aliphatic heterocycles. The van der Waals surface area contributed by atoms with Crippen molar-refractivity contribution in [2.24, 2.45) is 0 Å². The summed E-state index contributed by atoms with van der Waals surface area (Å²) in [5.74, 6) is 0.799. The first-order valence-corrected chi connectivity index (χ1v) is 7.19. The van der Waals surface area contributed by atoms with Gasteiger partial charge in [-0.05, 0) is 24.3 Å². The van der Waals surface area contributed by atoms with Crippen LogP contribution in [0, 0.1) is 0 Å². The van der Waals surface area contributed by atoms with Gasteiger partial charge >= 0.3 is 6.03 Å². The Morgan fingerprint density at radius 2 is 2.19 bits per heavy atom. The molecule has 1 aromatic heterocycles. The second kappa shape index (κ2) is 5.57. The molecule has 0 bridgehead atoms. The molecule has 0 spiro atoms. The minimum absolute atomic E-state index is 0.128. The number of carbonyl (C=O) groups excluding carboxylic acids is 1. The molecule has 0 fully saturated rings. The first kappa shape index (κ1) is 13.6. The fourth-order valence-electron chi connectivity index (χ4n) is 2.18. The number of nitrogens with one attached hydrogen (secondary N) is 2. The van der Waals surface area contributed by atoms with Crippen molar-refractivity contribution in [3.8, 4) is 10.9 Å². The van der Waals surface area contributed by atoms with Gasteiger partial charge < -0.3 is 14.8 Å². The number of hydrogen-bond donors (Lipinski definition) is 2. The molecule has 8 heteroatoms. The molecule has 7 nitrogen and oxygen atoms in total. The molecule has 110 valence electrons. The van der Waals surface area contributed by atoms with Crippen LogP contribution in [0.15, 0.2) is 24.3 Å². The van der Waals surface area contributed by atoms with E-state index in [2.05, 4.69) is 20.8 Å². The van der Waals surface area contributed by atoms with Gasteiger partial charge in [0.15, 0.2) is 0 Å². The predicted octanol–water partition coefficient (Wildman–Crippen LogP) is 2.19. The van der Waals surface area contributed by atoms with E-state index < -0.39 is 0 Å². The Morgan fingerprint density at radius 1 is 1.38 bits per heavy atom. The molecule has 3 rings (SSSR count). The zero-order chi connectivity index (χ0) is 14.8. The zero-order valence-corrected chi connectivity index (χ0v) is 12.3. The Kier molecular flexibility index (Phi) is 3.61. The lowest BCUT2D eigenvalue weighted by atomic mass is 10.1. The molecule has 0 saturated heterocycles. The highest BCUT2D eigenvalue weighted by atomic mass is 32.1. The maximum atomic E-state index is 12.0. The van der Waals surface area contributed by atoms with Crippen LogP contribution in [-0.2, 0) is 0 Å². The van der Waals surface area contributed by atoms with E-state index >= 15 is 0 Å². The summed E-state index contributed by atoms with van der Waals surface area (Å²) in [6, 6.07) is 7.10. The number of aromatic nitrogens is 2. The van der Waals surface area contributed by atoms with Crippen LogP contribution in [0.2, 0.25) is 0 Å². The van der Waals surface area contributed by atoms with E-state index in [4.69, 9.17) is 9.47 Å². The first-order chi connectivity index (χ1) is 10.2. The van der Waals surface area contributed by atoms with Gasteiger partial charge in [-0.2, -0.15) is 0 Å². The molecule has 2 aromatic rings. The number of amides is 2. The summed E-state index contributed by atoms with van der Waals surface area (Å²) >= 11 is 1.16. The van der Waals surface area contributed by atoms with Gasteiger partial charge in [-0.25, -0.2) is 4.79 Å². The Balaban J connectivity index is 1.67. The highest BCUT2D eigenvalue weighted by Gasteiger charge is 2.32.